The van der Waals surface area contributed by atoms with Crippen LogP contribution in [0, 0.1) is 0 Å². The molecule has 0 saturated heterocycles. The molecule has 0 aliphatic heterocycles. The summed E-state index contributed by atoms with van der Waals surface area (Å²) in [6.45, 7) is 1.89. The number of benzene rings is 1. The highest BCUT2D eigenvalue weighted by atomic mass is 35.5. The molecule has 0 unspecified atom stereocenters. The van der Waals surface area contributed by atoms with E-state index in [9.17, 15) is 0 Å². The van der Waals surface area contributed by atoms with E-state index in [-0.39, 0.29) is 0 Å². The number of H-pyrrole nitrogens is 1. The van der Waals surface area contributed by atoms with Gasteiger partial charge in [-0.15, -0.1) is 0 Å². The first-order valence-corrected chi connectivity index (χ1v) is 6.98. The van der Waals surface area contributed by atoms with E-state index in [1.165, 1.54) is 4.90 Å². The number of aromatic amines is 1. The number of nitrogens with one attached hydrogen (secondary N) is 3. The van der Waals surface area contributed by atoms with Gasteiger partial charge in [0.1, 0.15) is 17.4 Å². The van der Waals surface area contributed by atoms with Gasteiger partial charge in [-0.3, -0.25) is 0 Å². The topological polar surface area (TPSA) is 58.0 Å². The van der Waals surface area contributed by atoms with Crippen molar-refractivity contribution < 1.29 is 4.90 Å². The molecule has 0 bridgehead atoms. The number of quaternary nitrogens is 1. The maximum atomic E-state index is 6.06. The van der Waals surface area contributed by atoms with Gasteiger partial charge in [0.2, 0.25) is 0 Å². The maximum Gasteiger partial charge on any atom is 0.154 e. The Labute approximate surface area is 122 Å². The summed E-state index contributed by atoms with van der Waals surface area (Å²) >= 11 is 6.06. The SMILES string of the molecule is C[NH+](C)CCNc1ncnc2c1[nH]c1ccc(Cl)cc12. The third-order valence-electron chi connectivity index (χ3n) is 3.26. The van der Waals surface area contributed by atoms with Crippen LogP contribution in [0.3, 0.4) is 0 Å². The molecule has 0 saturated carbocycles. The second kappa shape index (κ2) is 5.26. The molecule has 0 radical (unpaired) electrons. The molecule has 0 amide bonds. The lowest BCUT2D eigenvalue weighted by Crippen LogP contribution is -3.06. The second-order valence-corrected chi connectivity index (χ2v) is 5.58. The molecular weight excluding hydrogens is 274 g/mol. The first-order valence-electron chi connectivity index (χ1n) is 6.60. The zero-order valence-corrected chi connectivity index (χ0v) is 12.3. The van der Waals surface area contributed by atoms with E-state index >= 15 is 0 Å². The molecule has 104 valence electrons. The molecule has 0 aliphatic carbocycles. The summed E-state index contributed by atoms with van der Waals surface area (Å²) in [5, 5.41) is 5.09. The Kier molecular flexibility index (Phi) is 3.46. The molecule has 0 atom stereocenters. The summed E-state index contributed by atoms with van der Waals surface area (Å²) in [6, 6.07) is 5.76. The van der Waals surface area contributed by atoms with Gasteiger partial charge in [-0.2, -0.15) is 0 Å². The average Bonchev–Trinajstić information content (AvgIpc) is 2.77. The van der Waals surface area contributed by atoms with Crippen molar-refractivity contribution in [1.29, 1.82) is 0 Å². The predicted octanol–water partition coefficient (Wildman–Crippen LogP) is 1.32. The molecule has 2 aromatic heterocycles. The zero-order chi connectivity index (χ0) is 14.1. The van der Waals surface area contributed by atoms with Crippen molar-refractivity contribution >= 4 is 39.4 Å². The van der Waals surface area contributed by atoms with E-state index in [2.05, 4.69) is 34.4 Å². The van der Waals surface area contributed by atoms with E-state index in [4.69, 9.17) is 11.6 Å². The first kappa shape index (κ1) is 13.1. The summed E-state index contributed by atoms with van der Waals surface area (Å²) in [5.74, 6) is 0.837. The Balaban J connectivity index is 2.03. The number of rotatable bonds is 4. The largest absolute Gasteiger partial charge is 0.363 e. The van der Waals surface area contributed by atoms with Crippen LogP contribution < -0.4 is 10.2 Å². The molecule has 5 nitrogen and oxygen atoms in total. The van der Waals surface area contributed by atoms with Crippen LogP contribution in [0.25, 0.3) is 21.9 Å². The van der Waals surface area contributed by atoms with Crippen molar-refractivity contribution in [3.05, 3.63) is 29.5 Å². The van der Waals surface area contributed by atoms with Gasteiger partial charge in [-0.05, 0) is 18.2 Å². The second-order valence-electron chi connectivity index (χ2n) is 5.14. The predicted molar refractivity (Wildman–Crippen MR) is 82.6 cm³/mol. The Morgan fingerprint density at radius 3 is 2.95 bits per heavy atom. The zero-order valence-electron chi connectivity index (χ0n) is 11.5. The molecule has 0 spiro atoms. The average molecular weight is 291 g/mol. The minimum absolute atomic E-state index is 0.711. The van der Waals surface area contributed by atoms with Gasteiger partial charge >= 0.3 is 0 Å². The molecule has 6 heteroatoms. The van der Waals surface area contributed by atoms with Crippen molar-refractivity contribution in [3.8, 4) is 0 Å². The Bertz CT molecular complexity index is 750. The summed E-state index contributed by atoms with van der Waals surface area (Å²) in [5.41, 5.74) is 2.85. The molecule has 1 aromatic carbocycles. The Morgan fingerprint density at radius 2 is 2.15 bits per heavy atom. The van der Waals surface area contributed by atoms with Gasteiger partial charge in [0.05, 0.1) is 27.2 Å². The van der Waals surface area contributed by atoms with Crippen molar-refractivity contribution in [3.63, 3.8) is 0 Å². The van der Waals surface area contributed by atoms with Gasteiger partial charge in [-0.25, -0.2) is 9.97 Å². The molecule has 3 aromatic rings. The van der Waals surface area contributed by atoms with Gasteiger partial charge in [-0.1, -0.05) is 11.6 Å². The lowest BCUT2D eigenvalue weighted by molar-refractivity contribution is -0.856. The number of halogens is 1. The Morgan fingerprint density at radius 1 is 1.30 bits per heavy atom. The van der Waals surface area contributed by atoms with E-state index in [0.717, 1.165) is 40.8 Å². The number of aromatic nitrogens is 3. The standard InChI is InChI=1S/C14H16ClN5/c1-20(2)6-5-16-14-13-12(17-8-18-14)10-7-9(15)3-4-11(10)19-13/h3-4,7-8,19H,5-6H2,1-2H3,(H,16,17,18)/p+1. The van der Waals surface area contributed by atoms with Gasteiger partial charge in [0.25, 0.3) is 0 Å². The van der Waals surface area contributed by atoms with Crippen molar-refractivity contribution in [2.24, 2.45) is 0 Å². The first-order chi connectivity index (χ1) is 9.65. The van der Waals surface area contributed by atoms with E-state index in [1.54, 1.807) is 6.33 Å². The summed E-state index contributed by atoms with van der Waals surface area (Å²) in [4.78, 5) is 13.4. The number of likely N-dealkylation sites (N-methyl/N-ethyl adjacent to an activating group) is 1. The third kappa shape index (κ3) is 2.42. The normalized spacial score (nSPS) is 11.6. The molecular formula is C14H17ClN5+. The van der Waals surface area contributed by atoms with E-state index in [1.807, 2.05) is 18.2 Å². The molecule has 0 aliphatic rings. The fraction of sp³-hybridized carbons (Fsp3) is 0.286. The highest BCUT2D eigenvalue weighted by molar-refractivity contribution is 6.31. The smallest absolute Gasteiger partial charge is 0.154 e. The summed E-state index contributed by atoms with van der Waals surface area (Å²) < 4.78 is 0. The van der Waals surface area contributed by atoms with Crippen molar-refractivity contribution in [2.45, 2.75) is 0 Å². The van der Waals surface area contributed by atoms with Crippen LogP contribution in [-0.2, 0) is 0 Å². The number of nitrogens with zero attached hydrogens (tertiary/aromatic N) is 2. The fourth-order valence-electron chi connectivity index (χ4n) is 2.23. The third-order valence-corrected chi connectivity index (χ3v) is 3.50. The molecule has 3 rings (SSSR count). The van der Waals surface area contributed by atoms with E-state index in [0.29, 0.717) is 5.02 Å². The Hall–Kier alpha value is -1.85. The van der Waals surface area contributed by atoms with Gasteiger partial charge in [0.15, 0.2) is 5.82 Å². The van der Waals surface area contributed by atoms with Crippen LogP contribution in [-0.4, -0.2) is 42.1 Å². The van der Waals surface area contributed by atoms with Crippen LogP contribution in [0.2, 0.25) is 5.02 Å². The highest BCUT2D eigenvalue weighted by Crippen LogP contribution is 2.28. The number of anilines is 1. The highest BCUT2D eigenvalue weighted by Gasteiger charge is 2.10. The molecule has 3 N–H and O–H groups in total. The quantitative estimate of drug-likeness (QED) is 0.679. The minimum atomic E-state index is 0.711. The van der Waals surface area contributed by atoms with Crippen molar-refractivity contribution in [2.75, 3.05) is 32.5 Å². The monoisotopic (exact) mass is 290 g/mol. The maximum absolute atomic E-state index is 6.06. The molecule has 0 fully saturated rings. The summed E-state index contributed by atoms with van der Waals surface area (Å²) in [6.07, 6.45) is 1.58. The summed E-state index contributed by atoms with van der Waals surface area (Å²) in [7, 11) is 4.25. The van der Waals surface area contributed by atoms with Crippen LogP contribution in [0.5, 0.6) is 0 Å². The number of hydrogen-bond donors (Lipinski definition) is 3. The minimum Gasteiger partial charge on any atom is -0.363 e. The number of hydrogen-bond acceptors (Lipinski definition) is 3. The van der Waals surface area contributed by atoms with Crippen LogP contribution in [0.4, 0.5) is 5.82 Å². The molecule has 2 heterocycles. The number of fused-ring (bicyclic) bond motifs is 3. The van der Waals surface area contributed by atoms with Crippen LogP contribution in [0.15, 0.2) is 24.5 Å². The lowest BCUT2D eigenvalue weighted by atomic mass is 10.2. The van der Waals surface area contributed by atoms with Crippen LogP contribution in [0.1, 0.15) is 0 Å². The molecule has 20 heavy (non-hydrogen) atoms. The fourth-order valence-corrected chi connectivity index (χ4v) is 2.40. The van der Waals surface area contributed by atoms with Crippen molar-refractivity contribution in [1.82, 2.24) is 15.0 Å². The van der Waals surface area contributed by atoms with Crippen LogP contribution >= 0.6 is 11.6 Å². The lowest BCUT2D eigenvalue weighted by Gasteiger charge is -2.09. The van der Waals surface area contributed by atoms with Gasteiger partial charge in [0, 0.05) is 15.9 Å². The van der Waals surface area contributed by atoms with Gasteiger partial charge < -0.3 is 15.2 Å². The van der Waals surface area contributed by atoms with E-state index < -0.39 is 0 Å².